The van der Waals surface area contributed by atoms with E-state index in [2.05, 4.69) is 15.3 Å². The molecule has 1 fully saturated rings. The molecule has 9 nitrogen and oxygen atoms in total. The SMILES string of the molecule is N=C1N=C2N([C@H]3C[C@H](O)[C@@H](CO)O3)C=NC2(Cc2ccccc2)C(=O)N1. The Kier molecular flexibility index (Phi) is 4.06. The zero-order valence-corrected chi connectivity index (χ0v) is 13.9. The van der Waals surface area contributed by atoms with Crippen LogP contribution in [0.1, 0.15) is 12.0 Å². The minimum absolute atomic E-state index is 0.243. The molecule has 0 spiro atoms. The molecule has 0 aliphatic carbocycles. The fourth-order valence-corrected chi connectivity index (χ4v) is 3.50. The van der Waals surface area contributed by atoms with Crippen molar-refractivity contribution < 1.29 is 19.7 Å². The number of carbonyl (C=O) groups is 1. The molecule has 136 valence electrons. The molecule has 3 aliphatic heterocycles. The van der Waals surface area contributed by atoms with Crippen LogP contribution in [0, 0.1) is 5.41 Å². The average Bonchev–Trinajstić information content (AvgIpc) is 3.17. The summed E-state index contributed by atoms with van der Waals surface area (Å²) in [6, 6.07) is 9.44. The van der Waals surface area contributed by atoms with Gasteiger partial charge < -0.3 is 14.9 Å². The Labute approximate surface area is 149 Å². The number of fused-ring (bicyclic) bond motifs is 1. The number of amidine groups is 1. The van der Waals surface area contributed by atoms with Crippen molar-refractivity contribution in [2.24, 2.45) is 9.98 Å². The van der Waals surface area contributed by atoms with Gasteiger partial charge in [0.1, 0.15) is 12.3 Å². The normalized spacial score (nSPS) is 33.2. The van der Waals surface area contributed by atoms with E-state index in [9.17, 15) is 15.0 Å². The number of hydrogen-bond donors (Lipinski definition) is 4. The molecule has 4 atom stereocenters. The maximum atomic E-state index is 12.8. The van der Waals surface area contributed by atoms with E-state index in [-0.39, 0.29) is 25.4 Å². The van der Waals surface area contributed by atoms with Gasteiger partial charge in [0, 0.05) is 12.8 Å². The quantitative estimate of drug-likeness (QED) is 0.563. The molecule has 0 saturated carbocycles. The van der Waals surface area contributed by atoms with Crippen LogP contribution >= 0.6 is 0 Å². The third kappa shape index (κ3) is 2.61. The molecule has 3 heterocycles. The van der Waals surface area contributed by atoms with Crippen molar-refractivity contribution in [3.63, 3.8) is 0 Å². The van der Waals surface area contributed by atoms with E-state index < -0.39 is 29.9 Å². The Morgan fingerprint density at radius 2 is 2.15 bits per heavy atom. The standard InChI is InChI=1S/C17H19N5O4/c18-16-20-14-17(15(25)21-16,7-10-4-2-1-3-5-10)19-9-22(14)13-6-11(24)12(8-23)26-13/h1-5,9,11-13,23-24H,6-8H2,(H2,18,21,25)/t11-,12+,13+,17?/m0/s1. The minimum atomic E-state index is -1.28. The molecule has 0 bridgehead atoms. The summed E-state index contributed by atoms with van der Waals surface area (Å²) in [5.74, 6) is -0.389. The van der Waals surface area contributed by atoms with Gasteiger partial charge in [0.2, 0.25) is 11.5 Å². The number of amides is 1. The van der Waals surface area contributed by atoms with Crippen molar-refractivity contribution in [3.05, 3.63) is 35.9 Å². The number of carbonyl (C=O) groups excluding carboxylic acids is 1. The van der Waals surface area contributed by atoms with Gasteiger partial charge in [-0.25, -0.2) is 0 Å². The Morgan fingerprint density at radius 3 is 2.85 bits per heavy atom. The summed E-state index contributed by atoms with van der Waals surface area (Å²) < 4.78 is 5.67. The number of ether oxygens (including phenoxy) is 1. The van der Waals surface area contributed by atoms with Crippen LogP contribution in [-0.4, -0.2) is 69.7 Å². The van der Waals surface area contributed by atoms with Gasteiger partial charge in [-0.2, -0.15) is 4.99 Å². The van der Waals surface area contributed by atoms with Crippen LogP contribution in [0.4, 0.5) is 0 Å². The van der Waals surface area contributed by atoms with E-state index in [1.165, 1.54) is 6.34 Å². The Bertz CT molecular complexity index is 796. The van der Waals surface area contributed by atoms with Crippen LogP contribution in [0.2, 0.25) is 0 Å². The van der Waals surface area contributed by atoms with Crippen LogP contribution in [0.15, 0.2) is 40.3 Å². The zero-order chi connectivity index (χ0) is 18.3. The third-order valence-corrected chi connectivity index (χ3v) is 4.84. The van der Waals surface area contributed by atoms with Crippen molar-refractivity contribution in [3.8, 4) is 0 Å². The molecule has 4 N–H and O–H groups in total. The first-order chi connectivity index (χ1) is 12.5. The molecule has 1 unspecified atom stereocenters. The molecule has 1 aromatic rings. The highest BCUT2D eigenvalue weighted by molar-refractivity contribution is 6.27. The van der Waals surface area contributed by atoms with Crippen molar-refractivity contribution in [1.29, 1.82) is 5.41 Å². The van der Waals surface area contributed by atoms with Crippen LogP contribution < -0.4 is 5.32 Å². The molecule has 1 aromatic carbocycles. The number of rotatable bonds is 4. The van der Waals surface area contributed by atoms with Crippen molar-refractivity contribution in [2.45, 2.75) is 36.8 Å². The summed E-state index contributed by atoms with van der Waals surface area (Å²) in [4.78, 5) is 23.0. The Morgan fingerprint density at radius 1 is 1.38 bits per heavy atom. The topological polar surface area (TPSA) is 131 Å². The molecule has 3 aliphatic rings. The Balaban J connectivity index is 1.68. The Hall–Kier alpha value is -2.62. The van der Waals surface area contributed by atoms with E-state index >= 15 is 0 Å². The third-order valence-electron chi connectivity index (χ3n) is 4.84. The van der Waals surface area contributed by atoms with Crippen molar-refractivity contribution in [2.75, 3.05) is 6.61 Å². The number of nitrogens with one attached hydrogen (secondary N) is 2. The fraction of sp³-hybridized carbons (Fsp3) is 0.412. The maximum Gasteiger partial charge on any atom is 0.262 e. The molecule has 0 radical (unpaired) electrons. The number of benzene rings is 1. The van der Waals surface area contributed by atoms with Gasteiger partial charge in [-0.05, 0) is 5.56 Å². The molecule has 1 saturated heterocycles. The van der Waals surface area contributed by atoms with Crippen LogP contribution in [0.5, 0.6) is 0 Å². The average molecular weight is 357 g/mol. The highest BCUT2D eigenvalue weighted by atomic mass is 16.5. The van der Waals surface area contributed by atoms with E-state index in [0.717, 1.165) is 5.56 Å². The number of guanidine groups is 1. The summed E-state index contributed by atoms with van der Waals surface area (Å²) >= 11 is 0. The first kappa shape index (κ1) is 16.8. The van der Waals surface area contributed by atoms with Crippen LogP contribution in [0.25, 0.3) is 0 Å². The summed E-state index contributed by atoms with van der Waals surface area (Å²) in [6.45, 7) is -0.305. The lowest BCUT2D eigenvalue weighted by Crippen LogP contribution is -2.60. The largest absolute Gasteiger partial charge is 0.394 e. The number of aliphatic imine (C=N–C) groups is 2. The molecule has 1 amide bonds. The lowest BCUT2D eigenvalue weighted by molar-refractivity contribution is -0.122. The van der Waals surface area contributed by atoms with Crippen LogP contribution in [-0.2, 0) is 16.0 Å². The fourth-order valence-electron chi connectivity index (χ4n) is 3.50. The van der Waals surface area contributed by atoms with Gasteiger partial charge in [-0.15, -0.1) is 0 Å². The van der Waals surface area contributed by atoms with Gasteiger partial charge in [0.15, 0.2) is 5.84 Å². The summed E-state index contributed by atoms with van der Waals surface area (Å²) in [5.41, 5.74) is -0.374. The second-order valence-electron chi connectivity index (χ2n) is 6.53. The second-order valence-corrected chi connectivity index (χ2v) is 6.53. The van der Waals surface area contributed by atoms with Crippen molar-refractivity contribution in [1.82, 2.24) is 10.2 Å². The lowest BCUT2D eigenvalue weighted by atomic mass is 9.88. The number of hydrogen-bond acceptors (Lipinski definition) is 7. The smallest absolute Gasteiger partial charge is 0.262 e. The van der Waals surface area contributed by atoms with Gasteiger partial charge in [0.05, 0.1) is 19.0 Å². The number of aliphatic hydroxyl groups is 2. The number of aliphatic hydroxyl groups excluding tert-OH is 2. The predicted molar refractivity (Wildman–Crippen MR) is 92.9 cm³/mol. The molecule has 9 heteroatoms. The summed E-state index contributed by atoms with van der Waals surface area (Å²) in [7, 11) is 0. The van der Waals surface area contributed by atoms with E-state index in [1.807, 2.05) is 30.3 Å². The van der Waals surface area contributed by atoms with E-state index in [0.29, 0.717) is 5.84 Å². The first-order valence-electron chi connectivity index (χ1n) is 8.34. The zero-order valence-electron chi connectivity index (χ0n) is 13.9. The first-order valence-corrected chi connectivity index (χ1v) is 8.34. The van der Waals surface area contributed by atoms with Gasteiger partial charge in [-0.3, -0.25) is 25.4 Å². The maximum absolute atomic E-state index is 12.8. The van der Waals surface area contributed by atoms with E-state index in [1.54, 1.807) is 4.90 Å². The molecular formula is C17H19N5O4. The highest BCUT2D eigenvalue weighted by Crippen LogP contribution is 2.33. The van der Waals surface area contributed by atoms with Crippen molar-refractivity contribution >= 4 is 24.0 Å². The van der Waals surface area contributed by atoms with Crippen LogP contribution in [0.3, 0.4) is 0 Å². The summed E-state index contributed by atoms with van der Waals surface area (Å²) in [6.07, 6.45) is -0.128. The molecular weight excluding hydrogens is 338 g/mol. The van der Waals surface area contributed by atoms with Gasteiger partial charge >= 0.3 is 0 Å². The molecule has 26 heavy (non-hydrogen) atoms. The molecule has 4 rings (SSSR count). The monoisotopic (exact) mass is 357 g/mol. The predicted octanol–water partition coefficient (Wildman–Crippen LogP) is -0.757. The van der Waals surface area contributed by atoms with Gasteiger partial charge in [-0.1, -0.05) is 30.3 Å². The highest BCUT2D eigenvalue weighted by Gasteiger charge is 2.54. The minimum Gasteiger partial charge on any atom is -0.394 e. The second kappa shape index (κ2) is 6.27. The molecule has 0 aromatic heterocycles. The van der Waals surface area contributed by atoms with E-state index in [4.69, 9.17) is 10.1 Å². The van der Waals surface area contributed by atoms with Gasteiger partial charge in [0.25, 0.3) is 5.91 Å². The summed E-state index contributed by atoms with van der Waals surface area (Å²) in [5, 5.41) is 29.5. The lowest BCUT2D eigenvalue weighted by Gasteiger charge is -2.33. The number of nitrogens with zero attached hydrogens (tertiary/aromatic N) is 3.